The van der Waals surface area contributed by atoms with Crippen LogP contribution in [0.3, 0.4) is 0 Å². The van der Waals surface area contributed by atoms with E-state index in [0.29, 0.717) is 11.3 Å². The van der Waals surface area contributed by atoms with Crippen LogP contribution in [0.2, 0.25) is 0 Å². The lowest BCUT2D eigenvalue weighted by Crippen LogP contribution is -2.07. The number of benzene rings is 3. The average Bonchev–Trinajstić information content (AvgIpc) is 3.13. The van der Waals surface area contributed by atoms with Gasteiger partial charge in [0, 0.05) is 25.7 Å². The zero-order chi connectivity index (χ0) is 22.6. The summed E-state index contributed by atoms with van der Waals surface area (Å²) in [6, 6.07) is 22.5. The molecule has 1 N–H and O–H groups in total. The Morgan fingerprint density at radius 1 is 0.968 bits per heavy atom. The summed E-state index contributed by atoms with van der Waals surface area (Å²) >= 11 is 1.81. The molecule has 4 rings (SSSR count). The van der Waals surface area contributed by atoms with Crippen LogP contribution in [-0.4, -0.2) is 26.0 Å². The van der Waals surface area contributed by atoms with Gasteiger partial charge in [0.05, 0.1) is 7.11 Å². The highest BCUT2D eigenvalue weighted by Gasteiger charge is 2.11. The first kappa shape index (κ1) is 22.6. The number of fused-ring (bicyclic) bond motifs is 3. The molecule has 0 saturated carbocycles. The first-order chi connectivity index (χ1) is 14.7. The van der Waals surface area contributed by atoms with Crippen LogP contribution in [-0.2, 0) is 19.4 Å². The smallest absolute Gasteiger partial charge is 0.397 e. The Bertz CT molecular complexity index is 1350. The summed E-state index contributed by atoms with van der Waals surface area (Å²) in [5, 5.41) is 2.55. The third-order valence-electron chi connectivity index (χ3n) is 4.34. The summed E-state index contributed by atoms with van der Waals surface area (Å²) in [6.45, 7) is 5.24. The zero-order valence-corrected chi connectivity index (χ0v) is 18.5. The highest BCUT2D eigenvalue weighted by Crippen LogP contribution is 2.40. The molecule has 4 aromatic rings. The van der Waals surface area contributed by atoms with E-state index < -0.39 is 16.4 Å². The van der Waals surface area contributed by atoms with E-state index in [1.807, 2.05) is 24.3 Å². The van der Waals surface area contributed by atoms with E-state index in [0.717, 1.165) is 12.7 Å². The molecule has 6 nitrogen and oxygen atoms in total. The SMILES string of the molecule is C=C(C)C(=O)Oc1ccc(-c2cccc3sc4ccccc4c23)cc1.COS(=O)(=O)O. The summed E-state index contributed by atoms with van der Waals surface area (Å²) in [7, 11) is -3.29. The van der Waals surface area contributed by atoms with Crippen molar-refractivity contribution in [1.82, 2.24) is 0 Å². The van der Waals surface area contributed by atoms with Gasteiger partial charge in [-0.15, -0.1) is 11.3 Å². The lowest BCUT2D eigenvalue weighted by molar-refractivity contribution is -0.130. The molecular formula is C23H20O6S2. The van der Waals surface area contributed by atoms with E-state index in [2.05, 4.69) is 53.2 Å². The molecule has 0 aliphatic heterocycles. The number of thiophene rings is 1. The standard InChI is InChI=1S/C22H16O2S.CH4O4S/c1-14(2)22(23)24-16-12-10-15(11-13-16)17-7-5-9-20-21(17)18-6-3-4-8-19(18)25-20;1-5-6(2,3)4/h3-13H,1H2,2H3;1H3,(H,2,3,4). The lowest BCUT2D eigenvalue weighted by atomic mass is 9.99. The largest absolute Gasteiger partial charge is 0.423 e. The normalized spacial score (nSPS) is 11.1. The molecule has 0 fully saturated rings. The molecule has 0 radical (unpaired) electrons. The Labute approximate surface area is 184 Å². The van der Waals surface area contributed by atoms with Crippen molar-refractivity contribution in [2.24, 2.45) is 0 Å². The van der Waals surface area contributed by atoms with Crippen LogP contribution in [0, 0.1) is 0 Å². The molecule has 0 spiro atoms. The monoisotopic (exact) mass is 456 g/mol. The van der Waals surface area contributed by atoms with Gasteiger partial charge in [0.1, 0.15) is 5.75 Å². The molecule has 3 aromatic carbocycles. The van der Waals surface area contributed by atoms with E-state index in [1.54, 1.807) is 18.3 Å². The van der Waals surface area contributed by atoms with Crippen LogP contribution in [0.5, 0.6) is 5.75 Å². The molecule has 0 atom stereocenters. The molecule has 1 heterocycles. The fraction of sp³-hybridized carbons (Fsp3) is 0.0870. The Morgan fingerprint density at radius 3 is 2.19 bits per heavy atom. The average molecular weight is 457 g/mol. The quantitative estimate of drug-likeness (QED) is 0.185. The molecule has 31 heavy (non-hydrogen) atoms. The van der Waals surface area contributed by atoms with Crippen LogP contribution >= 0.6 is 11.3 Å². The van der Waals surface area contributed by atoms with Gasteiger partial charge < -0.3 is 4.74 Å². The van der Waals surface area contributed by atoms with Gasteiger partial charge in [0.15, 0.2) is 0 Å². The molecular weight excluding hydrogens is 436 g/mol. The minimum Gasteiger partial charge on any atom is -0.423 e. The third-order valence-corrected chi connectivity index (χ3v) is 5.89. The first-order valence-corrected chi connectivity index (χ1v) is 11.3. The molecule has 0 aliphatic carbocycles. The summed E-state index contributed by atoms with van der Waals surface area (Å²) in [6.07, 6.45) is 0. The maximum absolute atomic E-state index is 11.6. The fourth-order valence-corrected chi connectivity index (χ4v) is 4.04. The van der Waals surface area contributed by atoms with E-state index >= 15 is 0 Å². The fourth-order valence-electron chi connectivity index (χ4n) is 2.91. The number of carbonyl (C=O) groups excluding carboxylic acids is 1. The van der Waals surface area contributed by atoms with E-state index in [1.165, 1.54) is 25.7 Å². The van der Waals surface area contributed by atoms with Gasteiger partial charge in [-0.1, -0.05) is 49.0 Å². The van der Waals surface area contributed by atoms with Crippen molar-refractivity contribution >= 4 is 47.9 Å². The summed E-state index contributed by atoms with van der Waals surface area (Å²) in [4.78, 5) is 11.6. The minimum absolute atomic E-state index is 0.388. The number of hydrogen-bond acceptors (Lipinski definition) is 6. The maximum Gasteiger partial charge on any atom is 0.397 e. The first-order valence-electron chi connectivity index (χ1n) is 9.11. The number of hydrogen-bond donors (Lipinski definition) is 1. The van der Waals surface area contributed by atoms with E-state index in [9.17, 15) is 13.2 Å². The maximum atomic E-state index is 11.6. The third kappa shape index (κ3) is 5.56. The van der Waals surface area contributed by atoms with Crippen LogP contribution in [0.15, 0.2) is 78.9 Å². The molecule has 0 saturated heterocycles. The molecule has 1 aromatic heterocycles. The minimum atomic E-state index is -4.16. The van der Waals surface area contributed by atoms with Crippen LogP contribution < -0.4 is 4.74 Å². The lowest BCUT2D eigenvalue weighted by Gasteiger charge is -2.07. The zero-order valence-electron chi connectivity index (χ0n) is 16.9. The molecule has 0 bridgehead atoms. The Hall–Kier alpha value is -3.04. The Kier molecular flexibility index (Phi) is 6.87. The number of ether oxygens (including phenoxy) is 1. The van der Waals surface area contributed by atoms with E-state index in [-0.39, 0.29) is 0 Å². The van der Waals surface area contributed by atoms with Crippen molar-refractivity contribution < 1.29 is 26.7 Å². The van der Waals surface area contributed by atoms with Gasteiger partial charge >= 0.3 is 16.4 Å². The van der Waals surface area contributed by atoms with E-state index in [4.69, 9.17) is 9.29 Å². The Balaban J connectivity index is 0.000000401. The second-order valence-electron chi connectivity index (χ2n) is 6.57. The molecule has 0 aliphatic rings. The second-order valence-corrected chi connectivity index (χ2v) is 8.84. The number of esters is 1. The van der Waals surface area contributed by atoms with Gasteiger partial charge in [0.2, 0.25) is 0 Å². The predicted octanol–water partition coefficient (Wildman–Crippen LogP) is 5.64. The molecule has 0 amide bonds. The second kappa shape index (κ2) is 9.40. The Morgan fingerprint density at radius 2 is 1.58 bits per heavy atom. The van der Waals surface area contributed by atoms with Gasteiger partial charge in [-0.05, 0) is 42.3 Å². The van der Waals surface area contributed by atoms with Crippen LogP contribution in [0.4, 0.5) is 0 Å². The van der Waals surface area contributed by atoms with Gasteiger partial charge in [-0.2, -0.15) is 8.42 Å². The number of rotatable bonds is 4. The van der Waals surface area contributed by atoms with Crippen LogP contribution in [0.25, 0.3) is 31.3 Å². The molecule has 0 unspecified atom stereocenters. The summed E-state index contributed by atoms with van der Waals surface area (Å²) < 4.78 is 37.5. The van der Waals surface area contributed by atoms with Crippen molar-refractivity contribution in [1.29, 1.82) is 0 Å². The summed E-state index contributed by atoms with van der Waals surface area (Å²) in [5.41, 5.74) is 2.68. The van der Waals surface area contributed by atoms with Crippen LogP contribution in [0.1, 0.15) is 6.92 Å². The molecule has 160 valence electrons. The van der Waals surface area contributed by atoms with Crippen molar-refractivity contribution in [3.8, 4) is 16.9 Å². The predicted molar refractivity (Wildman–Crippen MR) is 124 cm³/mol. The van der Waals surface area contributed by atoms with Crippen molar-refractivity contribution in [3.05, 3.63) is 78.9 Å². The van der Waals surface area contributed by atoms with Crippen molar-refractivity contribution in [2.75, 3.05) is 7.11 Å². The van der Waals surface area contributed by atoms with Gasteiger partial charge in [-0.3, -0.25) is 8.74 Å². The highest BCUT2D eigenvalue weighted by molar-refractivity contribution is 7.80. The van der Waals surface area contributed by atoms with Crippen molar-refractivity contribution in [2.45, 2.75) is 6.92 Å². The molecule has 8 heteroatoms. The highest BCUT2D eigenvalue weighted by atomic mass is 32.3. The van der Waals surface area contributed by atoms with Gasteiger partial charge in [-0.25, -0.2) is 4.79 Å². The number of carbonyl (C=O) groups is 1. The summed E-state index contributed by atoms with van der Waals surface area (Å²) in [5.74, 6) is 0.123. The van der Waals surface area contributed by atoms with Crippen molar-refractivity contribution in [3.63, 3.8) is 0 Å². The topological polar surface area (TPSA) is 89.9 Å². The van der Waals surface area contributed by atoms with Gasteiger partial charge in [0.25, 0.3) is 0 Å².